The number of carbonyl (C=O) groups excluding carboxylic acids is 4. The Kier molecular flexibility index (Phi) is 8.39. The van der Waals surface area contributed by atoms with Gasteiger partial charge in [-0.15, -0.1) is 0 Å². The molecule has 2 aromatic rings. The van der Waals surface area contributed by atoms with Gasteiger partial charge in [-0.25, -0.2) is 9.59 Å². The molecule has 3 atom stereocenters. The molecular weight excluding hydrogens is 440 g/mol. The third-order valence-corrected chi connectivity index (χ3v) is 5.35. The molecule has 2 aromatic carbocycles. The maximum absolute atomic E-state index is 13.0. The van der Waals surface area contributed by atoms with E-state index in [1.54, 1.807) is 12.2 Å². The van der Waals surface area contributed by atoms with E-state index >= 15 is 0 Å². The summed E-state index contributed by atoms with van der Waals surface area (Å²) in [5.41, 5.74) is 1.65. The molecule has 0 saturated carbocycles. The minimum atomic E-state index is -1.20. The van der Waals surface area contributed by atoms with E-state index in [2.05, 4.69) is 10.1 Å². The van der Waals surface area contributed by atoms with Gasteiger partial charge in [0.1, 0.15) is 18.7 Å². The number of β-lactam (4-membered cyclic amide) rings is 1. The summed E-state index contributed by atoms with van der Waals surface area (Å²) in [6.45, 7) is 0.0367. The minimum Gasteiger partial charge on any atom is -0.469 e. The maximum atomic E-state index is 13.0. The molecule has 1 saturated heterocycles. The van der Waals surface area contributed by atoms with Gasteiger partial charge < -0.3 is 24.4 Å². The SMILES string of the molecule is COC(=O)C[C@H](C(=O)OC)N1C(=O)[C@@H](NC(=O)OCc2ccccc2)[C@H]1/C=C/c1ccccc1. The molecular formula is C25H26N2O7. The maximum Gasteiger partial charge on any atom is 0.408 e. The molecule has 0 unspecified atom stereocenters. The summed E-state index contributed by atoms with van der Waals surface area (Å²) in [6.07, 6.45) is 2.30. The van der Waals surface area contributed by atoms with E-state index in [1.807, 2.05) is 60.7 Å². The number of nitrogens with zero attached hydrogens (tertiary/aromatic N) is 1. The summed E-state index contributed by atoms with van der Waals surface area (Å²) in [7, 11) is 2.36. The topological polar surface area (TPSA) is 111 Å². The van der Waals surface area contributed by atoms with Crippen LogP contribution in [0.5, 0.6) is 0 Å². The molecule has 34 heavy (non-hydrogen) atoms. The Morgan fingerprint density at radius 1 is 1.00 bits per heavy atom. The first-order valence-electron chi connectivity index (χ1n) is 10.6. The third-order valence-electron chi connectivity index (χ3n) is 5.35. The lowest BCUT2D eigenvalue weighted by Crippen LogP contribution is -2.73. The molecule has 3 rings (SSSR count). The molecule has 2 amide bonds. The normalized spacial score (nSPS) is 18.1. The van der Waals surface area contributed by atoms with Crippen LogP contribution in [0.1, 0.15) is 17.5 Å². The predicted octanol–water partition coefficient (Wildman–Crippen LogP) is 2.31. The van der Waals surface area contributed by atoms with E-state index in [1.165, 1.54) is 19.1 Å². The summed E-state index contributed by atoms with van der Waals surface area (Å²) >= 11 is 0. The van der Waals surface area contributed by atoms with Crippen molar-refractivity contribution < 1.29 is 33.4 Å². The second-order valence-corrected chi connectivity index (χ2v) is 7.51. The number of hydrogen-bond acceptors (Lipinski definition) is 7. The summed E-state index contributed by atoms with van der Waals surface area (Å²) in [5.74, 6) is -1.98. The lowest BCUT2D eigenvalue weighted by Gasteiger charge is -2.48. The van der Waals surface area contributed by atoms with E-state index in [0.717, 1.165) is 11.1 Å². The van der Waals surface area contributed by atoms with E-state index in [9.17, 15) is 19.2 Å². The summed E-state index contributed by atoms with van der Waals surface area (Å²) in [6, 6.07) is 15.5. The molecule has 1 aliphatic rings. The van der Waals surface area contributed by atoms with Crippen LogP contribution in [0, 0.1) is 0 Å². The van der Waals surface area contributed by atoms with E-state index in [-0.39, 0.29) is 13.0 Å². The third kappa shape index (κ3) is 6.00. The lowest BCUT2D eigenvalue weighted by atomic mass is 9.90. The largest absolute Gasteiger partial charge is 0.469 e. The number of nitrogens with one attached hydrogen (secondary N) is 1. The number of rotatable bonds is 9. The Hall–Kier alpha value is -4.14. The van der Waals surface area contributed by atoms with Gasteiger partial charge in [0.25, 0.3) is 0 Å². The van der Waals surface area contributed by atoms with Crippen molar-refractivity contribution in [3.63, 3.8) is 0 Å². The van der Waals surface area contributed by atoms with Gasteiger partial charge in [-0.1, -0.05) is 72.8 Å². The first kappa shape index (κ1) is 24.5. The first-order valence-corrected chi connectivity index (χ1v) is 10.6. The average molecular weight is 466 g/mol. The number of esters is 2. The molecule has 9 heteroatoms. The quantitative estimate of drug-likeness (QED) is 0.343. The van der Waals surface area contributed by atoms with Gasteiger partial charge in [-0.2, -0.15) is 0 Å². The van der Waals surface area contributed by atoms with Gasteiger partial charge in [0.15, 0.2) is 0 Å². The second-order valence-electron chi connectivity index (χ2n) is 7.51. The number of alkyl carbamates (subject to hydrolysis) is 1. The molecule has 1 aliphatic heterocycles. The van der Waals surface area contributed by atoms with Crippen LogP contribution in [0.2, 0.25) is 0 Å². The standard InChI is InChI=1S/C25H26N2O7/c1-32-21(28)15-20(24(30)33-2)27-19(14-13-17-9-5-3-6-10-17)22(23(27)29)26-25(31)34-16-18-11-7-4-8-12-18/h3-14,19-20,22H,15-16H2,1-2H3,(H,26,31)/b14-13+/t19-,20-,22+/m1/s1. The zero-order valence-electron chi connectivity index (χ0n) is 18.9. The molecule has 0 bridgehead atoms. The fraction of sp³-hybridized carbons (Fsp3) is 0.280. The highest BCUT2D eigenvalue weighted by molar-refractivity contribution is 5.97. The monoisotopic (exact) mass is 466 g/mol. The van der Waals surface area contributed by atoms with Crippen molar-refractivity contribution in [1.29, 1.82) is 0 Å². The van der Waals surface area contributed by atoms with Crippen molar-refractivity contribution in [2.24, 2.45) is 0 Å². The molecule has 178 valence electrons. The van der Waals surface area contributed by atoms with E-state index in [0.29, 0.717) is 0 Å². The Morgan fingerprint density at radius 2 is 1.65 bits per heavy atom. The molecule has 9 nitrogen and oxygen atoms in total. The summed E-state index contributed by atoms with van der Waals surface area (Å²) < 4.78 is 14.7. The molecule has 1 heterocycles. The van der Waals surface area contributed by atoms with Crippen LogP contribution < -0.4 is 5.32 Å². The van der Waals surface area contributed by atoms with Crippen molar-refractivity contribution in [3.05, 3.63) is 77.9 Å². The number of benzene rings is 2. The minimum absolute atomic E-state index is 0.0367. The van der Waals surface area contributed by atoms with Gasteiger partial charge in [-0.3, -0.25) is 9.59 Å². The second kappa shape index (κ2) is 11.6. The van der Waals surface area contributed by atoms with Crippen molar-refractivity contribution in [2.45, 2.75) is 31.2 Å². The number of likely N-dealkylation sites (tertiary alicyclic amines) is 1. The Balaban J connectivity index is 1.78. The van der Waals surface area contributed by atoms with Crippen molar-refractivity contribution in [3.8, 4) is 0 Å². The van der Waals surface area contributed by atoms with Crippen LogP contribution in [-0.4, -0.2) is 61.2 Å². The van der Waals surface area contributed by atoms with Crippen LogP contribution in [0.15, 0.2) is 66.7 Å². The van der Waals surface area contributed by atoms with Gasteiger partial charge in [0.2, 0.25) is 5.91 Å². The van der Waals surface area contributed by atoms with Crippen molar-refractivity contribution in [1.82, 2.24) is 10.2 Å². The number of methoxy groups -OCH3 is 2. The highest BCUT2D eigenvalue weighted by atomic mass is 16.5. The fourth-order valence-corrected chi connectivity index (χ4v) is 3.58. The zero-order valence-corrected chi connectivity index (χ0v) is 18.9. The predicted molar refractivity (Wildman–Crippen MR) is 122 cm³/mol. The average Bonchev–Trinajstić information content (AvgIpc) is 2.88. The van der Waals surface area contributed by atoms with Gasteiger partial charge in [-0.05, 0) is 11.1 Å². The van der Waals surface area contributed by atoms with Gasteiger partial charge in [0, 0.05) is 0 Å². The number of hydrogen-bond donors (Lipinski definition) is 1. The number of amides is 2. The Bertz CT molecular complexity index is 1040. The highest BCUT2D eigenvalue weighted by Crippen LogP contribution is 2.28. The van der Waals surface area contributed by atoms with Gasteiger partial charge in [0.05, 0.1) is 26.7 Å². The molecule has 0 aliphatic carbocycles. The summed E-state index contributed by atoms with van der Waals surface area (Å²) in [5, 5.41) is 2.56. The Morgan fingerprint density at radius 3 is 2.26 bits per heavy atom. The molecule has 1 fully saturated rings. The molecule has 0 radical (unpaired) electrons. The van der Waals surface area contributed by atoms with Crippen LogP contribution >= 0.6 is 0 Å². The van der Waals surface area contributed by atoms with E-state index in [4.69, 9.17) is 9.47 Å². The molecule has 1 N–H and O–H groups in total. The van der Waals surface area contributed by atoms with Crippen LogP contribution in [0.4, 0.5) is 4.79 Å². The van der Waals surface area contributed by atoms with Crippen LogP contribution in [0.25, 0.3) is 6.08 Å². The van der Waals surface area contributed by atoms with Crippen LogP contribution in [0.3, 0.4) is 0 Å². The number of ether oxygens (including phenoxy) is 3. The smallest absolute Gasteiger partial charge is 0.408 e. The Labute approximate surface area is 197 Å². The van der Waals surface area contributed by atoms with Crippen molar-refractivity contribution in [2.75, 3.05) is 14.2 Å². The zero-order chi connectivity index (χ0) is 24.5. The highest BCUT2D eigenvalue weighted by Gasteiger charge is 2.52. The van der Waals surface area contributed by atoms with Crippen LogP contribution in [-0.2, 0) is 35.2 Å². The van der Waals surface area contributed by atoms with E-state index < -0.39 is 42.1 Å². The first-order chi connectivity index (χ1) is 16.4. The van der Waals surface area contributed by atoms with Crippen molar-refractivity contribution >= 4 is 30.0 Å². The number of carbonyl (C=O) groups is 4. The fourth-order valence-electron chi connectivity index (χ4n) is 3.58. The summed E-state index contributed by atoms with van der Waals surface area (Å²) in [4.78, 5) is 50.9. The lowest BCUT2D eigenvalue weighted by molar-refractivity contribution is -0.167. The molecule has 0 aromatic heterocycles. The van der Waals surface area contributed by atoms with Gasteiger partial charge >= 0.3 is 18.0 Å². The molecule has 0 spiro atoms.